The highest BCUT2D eigenvalue weighted by Gasteiger charge is 2.23. The summed E-state index contributed by atoms with van der Waals surface area (Å²) in [7, 11) is 2.87. The van der Waals surface area contributed by atoms with Gasteiger partial charge in [-0.05, 0) is 19.4 Å². The minimum atomic E-state index is -0.351. The maximum Gasteiger partial charge on any atom is 0.311 e. The number of fused-ring (bicyclic) bond motifs is 1. The van der Waals surface area contributed by atoms with Gasteiger partial charge in [-0.25, -0.2) is 0 Å². The molecule has 0 heterocycles. The fraction of sp³-hybridized carbons (Fsp3) is 0.353. The summed E-state index contributed by atoms with van der Waals surface area (Å²) in [6.45, 7) is 3.82. The number of benzene rings is 2. The number of esters is 1. The lowest BCUT2D eigenvalue weighted by molar-refractivity contribution is -0.134. The van der Waals surface area contributed by atoms with Gasteiger partial charge < -0.3 is 19.3 Å². The highest BCUT2D eigenvalue weighted by Crippen LogP contribution is 2.50. The van der Waals surface area contributed by atoms with E-state index >= 15 is 0 Å². The topological polar surface area (TPSA) is 65.0 Å². The van der Waals surface area contributed by atoms with E-state index in [1.54, 1.807) is 6.07 Å². The minimum absolute atomic E-state index is 0.0339. The quantitative estimate of drug-likeness (QED) is 0.675. The Balaban J connectivity index is 2.75. The van der Waals surface area contributed by atoms with Gasteiger partial charge in [0.25, 0.3) is 0 Å². The van der Waals surface area contributed by atoms with Gasteiger partial charge in [0.15, 0.2) is 11.5 Å². The SMILES string of the molecule is CCCC(=O)Oc1c(OC)c(OC)c(O)c2cc(C)ccc12. The molecule has 2 rings (SSSR count). The third-order valence-corrected chi connectivity index (χ3v) is 3.38. The smallest absolute Gasteiger partial charge is 0.311 e. The molecular formula is C17H20O5. The molecule has 5 nitrogen and oxygen atoms in total. The third-order valence-electron chi connectivity index (χ3n) is 3.38. The van der Waals surface area contributed by atoms with E-state index < -0.39 is 0 Å². The van der Waals surface area contributed by atoms with E-state index in [9.17, 15) is 9.90 Å². The number of phenolic OH excluding ortho intramolecular Hbond substituents is 1. The molecule has 1 N–H and O–H groups in total. The Morgan fingerprint density at radius 2 is 1.77 bits per heavy atom. The van der Waals surface area contributed by atoms with E-state index in [0.717, 1.165) is 5.56 Å². The standard InChI is InChI=1S/C17H20O5/c1-5-6-13(18)22-15-11-8-7-10(2)9-12(11)14(19)16(20-3)17(15)21-4/h7-9,19H,5-6H2,1-4H3. The Bertz CT molecular complexity index is 706. The molecule has 0 aliphatic heterocycles. The zero-order chi connectivity index (χ0) is 16.3. The van der Waals surface area contributed by atoms with Crippen molar-refractivity contribution in [2.45, 2.75) is 26.7 Å². The van der Waals surface area contributed by atoms with Gasteiger partial charge in [0.1, 0.15) is 0 Å². The van der Waals surface area contributed by atoms with Crippen LogP contribution in [0.5, 0.6) is 23.0 Å². The molecule has 0 aliphatic carbocycles. The fourth-order valence-electron chi connectivity index (χ4n) is 2.35. The molecule has 0 spiro atoms. The van der Waals surface area contributed by atoms with Crippen molar-refractivity contribution in [1.82, 2.24) is 0 Å². The average molecular weight is 304 g/mol. The van der Waals surface area contributed by atoms with Crippen LogP contribution in [-0.2, 0) is 4.79 Å². The molecule has 5 heteroatoms. The van der Waals surface area contributed by atoms with Crippen molar-refractivity contribution in [2.75, 3.05) is 14.2 Å². The first-order chi connectivity index (χ1) is 10.5. The highest BCUT2D eigenvalue weighted by atomic mass is 16.6. The van der Waals surface area contributed by atoms with Crippen LogP contribution in [0.25, 0.3) is 10.8 Å². The normalized spacial score (nSPS) is 10.5. The summed E-state index contributed by atoms with van der Waals surface area (Å²) in [4.78, 5) is 11.9. The van der Waals surface area contributed by atoms with E-state index in [0.29, 0.717) is 23.6 Å². The van der Waals surface area contributed by atoms with Crippen LogP contribution in [0.3, 0.4) is 0 Å². The second-order valence-corrected chi connectivity index (χ2v) is 5.02. The number of hydrogen-bond donors (Lipinski definition) is 1. The molecule has 0 saturated carbocycles. The Hall–Kier alpha value is -2.43. The molecule has 0 amide bonds. The molecule has 0 unspecified atom stereocenters. The number of phenols is 1. The second kappa shape index (κ2) is 6.56. The first kappa shape index (κ1) is 15.9. The number of hydrogen-bond acceptors (Lipinski definition) is 5. The van der Waals surface area contributed by atoms with Crippen molar-refractivity contribution in [3.63, 3.8) is 0 Å². The number of rotatable bonds is 5. The van der Waals surface area contributed by atoms with E-state index in [4.69, 9.17) is 14.2 Å². The number of carbonyl (C=O) groups excluding carboxylic acids is 1. The number of aryl methyl sites for hydroxylation is 1. The molecule has 2 aromatic carbocycles. The van der Waals surface area contributed by atoms with Crippen LogP contribution < -0.4 is 14.2 Å². The predicted octanol–water partition coefficient (Wildman–Crippen LogP) is 3.58. The van der Waals surface area contributed by atoms with Gasteiger partial charge in [0.05, 0.1) is 14.2 Å². The Kier molecular flexibility index (Phi) is 4.75. The largest absolute Gasteiger partial charge is 0.504 e. The zero-order valence-electron chi connectivity index (χ0n) is 13.2. The van der Waals surface area contributed by atoms with Crippen molar-refractivity contribution < 1.29 is 24.1 Å². The number of aromatic hydroxyl groups is 1. The minimum Gasteiger partial charge on any atom is -0.504 e. The van der Waals surface area contributed by atoms with Gasteiger partial charge in [0.2, 0.25) is 11.5 Å². The third kappa shape index (κ3) is 2.79. The summed E-state index contributed by atoms with van der Waals surface area (Å²) in [5.41, 5.74) is 0.973. The Morgan fingerprint density at radius 1 is 1.09 bits per heavy atom. The van der Waals surface area contributed by atoms with Gasteiger partial charge in [0, 0.05) is 17.2 Å². The van der Waals surface area contributed by atoms with Crippen LogP contribution in [0, 0.1) is 6.92 Å². The highest BCUT2D eigenvalue weighted by molar-refractivity contribution is 6.00. The molecule has 0 fully saturated rings. The van der Waals surface area contributed by atoms with Crippen molar-refractivity contribution in [1.29, 1.82) is 0 Å². The van der Waals surface area contributed by atoms with Crippen LogP contribution in [0.2, 0.25) is 0 Å². The van der Waals surface area contributed by atoms with Gasteiger partial charge >= 0.3 is 5.97 Å². The maximum atomic E-state index is 11.9. The zero-order valence-corrected chi connectivity index (χ0v) is 13.2. The summed E-state index contributed by atoms with van der Waals surface area (Å²) in [5.74, 6) is 0.245. The van der Waals surface area contributed by atoms with Crippen molar-refractivity contribution >= 4 is 16.7 Å². The summed E-state index contributed by atoms with van der Waals surface area (Å²) in [6, 6.07) is 5.48. The Morgan fingerprint density at radius 3 is 2.36 bits per heavy atom. The lowest BCUT2D eigenvalue weighted by Gasteiger charge is -2.17. The van der Waals surface area contributed by atoms with Crippen LogP contribution in [-0.4, -0.2) is 25.3 Å². The number of carbonyl (C=O) groups is 1. The lowest BCUT2D eigenvalue weighted by Crippen LogP contribution is -2.09. The summed E-state index contributed by atoms with van der Waals surface area (Å²) >= 11 is 0. The fourth-order valence-corrected chi connectivity index (χ4v) is 2.35. The Labute approximate surface area is 129 Å². The number of methoxy groups -OCH3 is 2. The van der Waals surface area contributed by atoms with Gasteiger partial charge in [-0.15, -0.1) is 0 Å². The second-order valence-electron chi connectivity index (χ2n) is 5.02. The monoisotopic (exact) mass is 304 g/mol. The van der Waals surface area contributed by atoms with Gasteiger partial charge in [-0.2, -0.15) is 0 Å². The van der Waals surface area contributed by atoms with Crippen molar-refractivity contribution in [3.8, 4) is 23.0 Å². The van der Waals surface area contributed by atoms with E-state index in [1.807, 2.05) is 26.0 Å². The molecule has 118 valence electrons. The first-order valence-corrected chi connectivity index (χ1v) is 7.11. The molecule has 0 atom stereocenters. The predicted molar refractivity (Wildman–Crippen MR) is 84.0 cm³/mol. The van der Waals surface area contributed by atoms with E-state index in [2.05, 4.69) is 0 Å². The molecule has 22 heavy (non-hydrogen) atoms. The summed E-state index contributed by atoms with van der Waals surface area (Å²) in [5, 5.41) is 11.6. The molecule has 0 aliphatic rings. The molecular weight excluding hydrogens is 284 g/mol. The van der Waals surface area contributed by atoms with Crippen LogP contribution in [0.15, 0.2) is 18.2 Å². The lowest BCUT2D eigenvalue weighted by atomic mass is 10.0. The van der Waals surface area contributed by atoms with Crippen LogP contribution >= 0.6 is 0 Å². The summed E-state index contributed by atoms with van der Waals surface area (Å²) in [6.07, 6.45) is 0.993. The van der Waals surface area contributed by atoms with Gasteiger partial charge in [-0.1, -0.05) is 24.6 Å². The molecule has 0 aromatic heterocycles. The molecule has 2 aromatic rings. The summed E-state index contributed by atoms with van der Waals surface area (Å²) < 4.78 is 16.0. The molecule has 0 bridgehead atoms. The van der Waals surface area contributed by atoms with Crippen molar-refractivity contribution in [3.05, 3.63) is 23.8 Å². The van der Waals surface area contributed by atoms with Crippen LogP contribution in [0.1, 0.15) is 25.3 Å². The average Bonchev–Trinajstić information content (AvgIpc) is 2.49. The van der Waals surface area contributed by atoms with Gasteiger partial charge in [-0.3, -0.25) is 4.79 Å². The van der Waals surface area contributed by atoms with E-state index in [-0.39, 0.29) is 29.0 Å². The van der Waals surface area contributed by atoms with Crippen LogP contribution in [0.4, 0.5) is 0 Å². The molecule has 0 radical (unpaired) electrons. The molecule has 0 saturated heterocycles. The first-order valence-electron chi connectivity index (χ1n) is 7.11. The van der Waals surface area contributed by atoms with E-state index in [1.165, 1.54) is 14.2 Å². The maximum absolute atomic E-state index is 11.9. The number of ether oxygens (including phenoxy) is 3. The van der Waals surface area contributed by atoms with Crippen molar-refractivity contribution in [2.24, 2.45) is 0 Å².